The van der Waals surface area contributed by atoms with Crippen LogP contribution in [0.1, 0.15) is 59.3 Å². The topological polar surface area (TPSA) is 0 Å². The largest absolute Gasteiger partial charge is 0.103 e. The maximum absolute atomic E-state index is 3.90. The van der Waals surface area contributed by atoms with Gasteiger partial charge in [0, 0.05) is 0 Å². The van der Waals surface area contributed by atoms with Gasteiger partial charge in [-0.25, -0.2) is 0 Å². The lowest BCUT2D eigenvalue weighted by Gasteiger charge is -2.15. The van der Waals surface area contributed by atoms with Crippen molar-refractivity contribution in [2.75, 3.05) is 0 Å². The van der Waals surface area contributed by atoms with Gasteiger partial charge < -0.3 is 0 Å². The molecule has 0 N–H and O–H groups in total. The van der Waals surface area contributed by atoms with Gasteiger partial charge in [0.2, 0.25) is 0 Å². The van der Waals surface area contributed by atoms with Crippen LogP contribution in [0.25, 0.3) is 0 Å². The number of rotatable bonds is 8. The van der Waals surface area contributed by atoms with E-state index >= 15 is 0 Å². The van der Waals surface area contributed by atoms with Crippen LogP contribution in [0.4, 0.5) is 0 Å². The molecule has 13 heavy (non-hydrogen) atoms. The molecule has 0 aliphatic rings. The van der Waals surface area contributed by atoms with Crippen LogP contribution >= 0.6 is 0 Å². The van der Waals surface area contributed by atoms with Crippen molar-refractivity contribution in [3.63, 3.8) is 0 Å². The van der Waals surface area contributed by atoms with Crippen molar-refractivity contribution in [3.05, 3.63) is 12.7 Å². The zero-order valence-corrected chi connectivity index (χ0v) is 9.68. The average Bonchev–Trinajstić information content (AvgIpc) is 2.10. The predicted octanol–water partition coefficient (Wildman–Crippen LogP) is 4.81. The Balaban J connectivity index is 3.33. The van der Waals surface area contributed by atoms with E-state index in [1.807, 2.05) is 0 Å². The second-order valence-corrected chi connectivity index (χ2v) is 4.35. The summed E-state index contributed by atoms with van der Waals surface area (Å²) >= 11 is 0. The lowest BCUT2D eigenvalue weighted by atomic mass is 9.90. The van der Waals surface area contributed by atoms with Gasteiger partial charge in [0.15, 0.2) is 0 Å². The van der Waals surface area contributed by atoms with Gasteiger partial charge in [0.25, 0.3) is 0 Å². The summed E-state index contributed by atoms with van der Waals surface area (Å²) in [6.07, 6.45) is 10.4. The van der Waals surface area contributed by atoms with Crippen LogP contribution in [0.3, 0.4) is 0 Å². The fourth-order valence-electron chi connectivity index (χ4n) is 1.71. The van der Waals surface area contributed by atoms with Crippen molar-refractivity contribution in [1.82, 2.24) is 0 Å². The van der Waals surface area contributed by atoms with Crippen LogP contribution in [0.2, 0.25) is 0 Å². The highest BCUT2D eigenvalue weighted by molar-refractivity contribution is 4.80. The van der Waals surface area contributed by atoms with E-state index in [1.165, 1.54) is 38.5 Å². The molecule has 0 radical (unpaired) electrons. The zero-order valence-electron chi connectivity index (χ0n) is 9.68. The van der Waals surface area contributed by atoms with Crippen molar-refractivity contribution >= 4 is 0 Å². The quantitative estimate of drug-likeness (QED) is 0.373. The fraction of sp³-hybridized carbons (Fsp3) is 0.846. The van der Waals surface area contributed by atoms with Gasteiger partial charge in [-0.2, -0.15) is 0 Å². The summed E-state index contributed by atoms with van der Waals surface area (Å²) in [7, 11) is 0. The summed E-state index contributed by atoms with van der Waals surface area (Å²) < 4.78 is 0. The molecule has 0 bridgehead atoms. The SMILES string of the molecule is C=CC(CCCCCCC)C(C)C. The number of unbranched alkanes of at least 4 members (excludes halogenated alkanes) is 4. The van der Waals surface area contributed by atoms with Crippen molar-refractivity contribution in [2.24, 2.45) is 11.8 Å². The van der Waals surface area contributed by atoms with Gasteiger partial charge in [0.1, 0.15) is 0 Å². The average molecular weight is 182 g/mol. The van der Waals surface area contributed by atoms with Crippen LogP contribution in [0, 0.1) is 11.8 Å². The Labute approximate surface area is 84.4 Å². The Morgan fingerprint density at radius 1 is 1.08 bits per heavy atom. The molecule has 0 rings (SSSR count). The van der Waals surface area contributed by atoms with Crippen molar-refractivity contribution in [3.8, 4) is 0 Å². The molecule has 1 unspecified atom stereocenters. The van der Waals surface area contributed by atoms with Crippen molar-refractivity contribution in [2.45, 2.75) is 59.3 Å². The molecule has 0 aromatic heterocycles. The van der Waals surface area contributed by atoms with E-state index in [1.54, 1.807) is 0 Å². The van der Waals surface area contributed by atoms with Crippen LogP contribution < -0.4 is 0 Å². The summed E-state index contributed by atoms with van der Waals surface area (Å²) in [5, 5.41) is 0. The first-order chi connectivity index (χ1) is 6.22. The summed E-state index contributed by atoms with van der Waals surface area (Å²) in [4.78, 5) is 0. The Bertz CT molecular complexity index is 113. The molecule has 78 valence electrons. The van der Waals surface area contributed by atoms with E-state index in [0.29, 0.717) is 0 Å². The van der Waals surface area contributed by atoms with Crippen molar-refractivity contribution < 1.29 is 0 Å². The molecule has 0 saturated heterocycles. The first-order valence-corrected chi connectivity index (χ1v) is 5.84. The molecule has 0 fully saturated rings. The molecule has 1 atom stereocenters. The van der Waals surface area contributed by atoms with Crippen LogP contribution in [0.15, 0.2) is 12.7 Å². The molecule has 0 saturated carbocycles. The third-order valence-corrected chi connectivity index (χ3v) is 2.80. The molecule has 0 spiro atoms. The summed E-state index contributed by atoms with van der Waals surface area (Å²) in [5.41, 5.74) is 0. The molecule has 0 nitrogen and oxygen atoms in total. The molecule has 0 heterocycles. The van der Waals surface area contributed by atoms with E-state index < -0.39 is 0 Å². The van der Waals surface area contributed by atoms with Gasteiger partial charge in [-0.05, 0) is 18.3 Å². The minimum absolute atomic E-state index is 0.738. The number of hydrogen-bond donors (Lipinski definition) is 0. The first-order valence-electron chi connectivity index (χ1n) is 5.84. The molecule has 0 aromatic carbocycles. The maximum atomic E-state index is 3.90. The summed E-state index contributed by atoms with van der Waals surface area (Å²) in [6.45, 7) is 10.7. The first kappa shape index (κ1) is 12.7. The monoisotopic (exact) mass is 182 g/mol. The highest BCUT2D eigenvalue weighted by Gasteiger charge is 2.07. The Hall–Kier alpha value is -0.260. The van der Waals surface area contributed by atoms with Gasteiger partial charge in [-0.3, -0.25) is 0 Å². The van der Waals surface area contributed by atoms with Gasteiger partial charge in [0.05, 0.1) is 0 Å². The smallest absolute Gasteiger partial charge is 0.0213 e. The highest BCUT2D eigenvalue weighted by Crippen LogP contribution is 2.19. The third-order valence-electron chi connectivity index (χ3n) is 2.80. The predicted molar refractivity (Wildman–Crippen MR) is 61.9 cm³/mol. The number of hydrogen-bond acceptors (Lipinski definition) is 0. The molecule has 0 aromatic rings. The molecule has 0 aliphatic heterocycles. The van der Waals surface area contributed by atoms with Gasteiger partial charge in [-0.15, -0.1) is 6.58 Å². The van der Waals surface area contributed by atoms with Gasteiger partial charge in [-0.1, -0.05) is 59.0 Å². The lowest BCUT2D eigenvalue weighted by Crippen LogP contribution is -2.04. The Morgan fingerprint density at radius 2 is 1.69 bits per heavy atom. The zero-order chi connectivity index (χ0) is 10.1. The maximum Gasteiger partial charge on any atom is -0.0213 e. The van der Waals surface area contributed by atoms with E-state index in [4.69, 9.17) is 0 Å². The minimum atomic E-state index is 0.738. The second kappa shape index (κ2) is 8.34. The highest BCUT2D eigenvalue weighted by atomic mass is 14.1. The molecular formula is C13H26. The van der Waals surface area contributed by atoms with Gasteiger partial charge >= 0.3 is 0 Å². The van der Waals surface area contributed by atoms with E-state index in [9.17, 15) is 0 Å². The molecule has 0 amide bonds. The summed E-state index contributed by atoms with van der Waals surface area (Å²) in [5.74, 6) is 1.50. The number of allylic oxidation sites excluding steroid dienone is 1. The molecular weight excluding hydrogens is 156 g/mol. The third kappa shape index (κ3) is 6.86. The van der Waals surface area contributed by atoms with Crippen LogP contribution in [-0.2, 0) is 0 Å². The standard InChI is InChI=1S/C13H26/c1-5-7-8-9-10-11-13(6-2)12(3)4/h6,12-13H,2,5,7-11H2,1,3-4H3. The van der Waals surface area contributed by atoms with Crippen LogP contribution in [-0.4, -0.2) is 0 Å². The van der Waals surface area contributed by atoms with Crippen molar-refractivity contribution in [1.29, 1.82) is 0 Å². The molecule has 0 aliphatic carbocycles. The lowest BCUT2D eigenvalue weighted by molar-refractivity contribution is 0.415. The fourth-order valence-corrected chi connectivity index (χ4v) is 1.71. The Morgan fingerprint density at radius 3 is 2.15 bits per heavy atom. The van der Waals surface area contributed by atoms with E-state index in [-0.39, 0.29) is 0 Å². The minimum Gasteiger partial charge on any atom is -0.103 e. The summed E-state index contributed by atoms with van der Waals surface area (Å²) in [6, 6.07) is 0. The van der Waals surface area contributed by atoms with E-state index in [2.05, 4.69) is 33.4 Å². The van der Waals surface area contributed by atoms with Crippen LogP contribution in [0.5, 0.6) is 0 Å². The molecule has 0 heteroatoms. The second-order valence-electron chi connectivity index (χ2n) is 4.35. The normalized spacial score (nSPS) is 13.2. The van der Waals surface area contributed by atoms with E-state index in [0.717, 1.165) is 11.8 Å². The Kier molecular flexibility index (Phi) is 8.18.